The van der Waals surface area contributed by atoms with Crippen LogP contribution >= 0.6 is 15.9 Å². The van der Waals surface area contributed by atoms with Gasteiger partial charge in [-0.25, -0.2) is 9.78 Å². The van der Waals surface area contributed by atoms with Gasteiger partial charge in [0.1, 0.15) is 5.69 Å². The summed E-state index contributed by atoms with van der Waals surface area (Å²) in [5.74, 6) is -0.276. The molecule has 0 unspecified atom stereocenters. The van der Waals surface area contributed by atoms with Crippen molar-refractivity contribution < 1.29 is 9.59 Å². The van der Waals surface area contributed by atoms with Gasteiger partial charge in [-0.05, 0) is 28.1 Å². The molecule has 6 nitrogen and oxygen atoms in total. The number of carbonyl (C=O) groups is 2. The van der Waals surface area contributed by atoms with E-state index in [0.717, 1.165) is 0 Å². The van der Waals surface area contributed by atoms with Crippen LogP contribution in [0.5, 0.6) is 0 Å². The van der Waals surface area contributed by atoms with Crippen molar-refractivity contribution in [3.8, 4) is 0 Å². The molecule has 0 bridgehead atoms. The Labute approximate surface area is 114 Å². The Morgan fingerprint density at radius 1 is 1.33 bits per heavy atom. The van der Waals surface area contributed by atoms with Crippen molar-refractivity contribution in [1.29, 1.82) is 0 Å². The van der Waals surface area contributed by atoms with Crippen molar-refractivity contribution >= 4 is 27.9 Å². The molecule has 18 heavy (non-hydrogen) atoms. The van der Waals surface area contributed by atoms with E-state index in [1.165, 1.54) is 4.90 Å². The molecule has 0 saturated carbocycles. The summed E-state index contributed by atoms with van der Waals surface area (Å²) in [7, 11) is 3.30. The van der Waals surface area contributed by atoms with Crippen molar-refractivity contribution in [3.63, 3.8) is 0 Å². The molecule has 0 radical (unpaired) electrons. The first-order valence-electron chi connectivity index (χ1n) is 5.36. The SMILES string of the molecule is CN(C)C(=O)NCCNC(=O)c1ncccc1Br. The zero-order valence-corrected chi connectivity index (χ0v) is 11.8. The highest BCUT2D eigenvalue weighted by molar-refractivity contribution is 9.10. The number of carbonyl (C=O) groups excluding carboxylic acids is 2. The lowest BCUT2D eigenvalue weighted by atomic mass is 10.3. The molecule has 0 aliphatic heterocycles. The van der Waals surface area contributed by atoms with E-state index in [-0.39, 0.29) is 11.9 Å². The van der Waals surface area contributed by atoms with E-state index in [2.05, 4.69) is 31.5 Å². The molecule has 0 fully saturated rings. The molecule has 0 aliphatic rings. The van der Waals surface area contributed by atoms with E-state index in [9.17, 15) is 9.59 Å². The maximum Gasteiger partial charge on any atom is 0.316 e. The molecule has 0 aliphatic carbocycles. The van der Waals surface area contributed by atoms with Crippen LogP contribution in [0.25, 0.3) is 0 Å². The lowest BCUT2D eigenvalue weighted by molar-refractivity contribution is 0.0948. The van der Waals surface area contributed by atoms with E-state index in [1.807, 2.05) is 0 Å². The smallest absolute Gasteiger partial charge is 0.316 e. The first kappa shape index (κ1) is 14.4. The van der Waals surface area contributed by atoms with Crippen LogP contribution < -0.4 is 10.6 Å². The van der Waals surface area contributed by atoms with Gasteiger partial charge in [-0.15, -0.1) is 0 Å². The Morgan fingerprint density at radius 2 is 2.00 bits per heavy atom. The van der Waals surface area contributed by atoms with Gasteiger partial charge in [0.2, 0.25) is 0 Å². The molecule has 2 N–H and O–H groups in total. The maximum absolute atomic E-state index is 11.7. The van der Waals surface area contributed by atoms with E-state index < -0.39 is 0 Å². The molecule has 1 aromatic rings. The standard InChI is InChI=1S/C11H15BrN4O2/c1-16(2)11(18)15-7-6-14-10(17)9-8(12)4-3-5-13-9/h3-5H,6-7H2,1-2H3,(H,14,17)(H,15,18). The summed E-state index contributed by atoms with van der Waals surface area (Å²) in [5.41, 5.74) is 0.330. The molecule has 3 amide bonds. The second kappa shape index (κ2) is 6.95. The average Bonchev–Trinajstić information content (AvgIpc) is 2.34. The van der Waals surface area contributed by atoms with E-state index in [1.54, 1.807) is 32.4 Å². The maximum atomic E-state index is 11.7. The molecule has 0 saturated heterocycles. The van der Waals surface area contributed by atoms with Gasteiger partial charge in [0, 0.05) is 37.9 Å². The molecule has 98 valence electrons. The van der Waals surface area contributed by atoms with Gasteiger partial charge in [-0.3, -0.25) is 4.79 Å². The molecule has 1 aromatic heterocycles. The van der Waals surface area contributed by atoms with Crippen LogP contribution in [0, 0.1) is 0 Å². The first-order chi connectivity index (χ1) is 8.52. The van der Waals surface area contributed by atoms with E-state index in [0.29, 0.717) is 23.3 Å². The predicted octanol–water partition coefficient (Wildman–Crippen LogP) is 0.845. The number of nitrogens with zero attached hydrogens (tertiary/aromatic N) is 2. The fraction of sp³-hybridized carbons (Fsp3) is 0.364. The van der Waals surface area contributed by atoms with Gasteiger partial charge in [0.05, 0.1) is 0 Å². The topological polar surface area (TPSA) is 74.3 Å². The lowest BCUT2D eigenvalue weighted by Crippen LogP contribution is -2.39. The van der Waals surface area contributed by atoms with Crippen molar-refractivity contribution in [2.75, 3.05) is 27.2 Å². The molecule has 0 spiro atoms. The molecule has 1 heterocycles. The van der Waals surface area contributed by atoms with Crippen LogP contribution in [0.15, 0.2) is 22.8 Å². The number of rotatable bonds is 4. The summed E-state index contributed by atoms with van der Waals surface area (Å²) in [4.78, 5) is 28.3. The van der Waals surface area contributed by atoms with Gasteiger partial charge in [0.15, 0.2) is 0 Å². The Bertz CT molecular complexity index is 437. The minimum absolute atomic E-state index is 0.191. The Balaban J connectivity index is 2.35. The van der Waals surface area contributed by atoms with Crippen LogP contribution in [0.4, 0.5) is 4.79 Å². The molecular weight excluding hydrogens is 300 g/mol. The van der Waals surface area contributed by atoms with Crippen LogP contribution in [0.2, 0.25) is 0 Å². The van der Waals surface area contributed by atoms with Gasteiger partial charge in [0.25, 0.3) is 5.91 Å². The third kappa shape index (κ3) is 4.33. The Morgan fingerprint density at radius 3 is 2.61 bits per heavy atom. The van der Waals surface area contributed by atoms with Gasteiger partial charge in [-0.2, -0.15) is 0 Å². The average molecular weight is 315 g/mol. The van der Waals surface area contributed by atoms with Crippen molar-refractivity contribution in [2.24, 2.45) is 0 Å². The Hall–Kier alpha value is -1.63. The quantitative estimate of drug-likeness (QED) is 0.809. The summed E-state index contributed by atoms with van der Waals surface area (Å²) in [6.45, 7) is 0.717. The number of nitrogens with one attached hydrogen (secondary N) is 2. The molecular formula is C11H15BrN4O2. The fourth-order valence-electron chi connectivity index (χ4n) is 1.14. The van der Waals surface area contributed by atoms with E-state index >= 15 is 0 Å². The first-order valence-corrected chi connectivity index (χ1v) is 6.15. The summed E-state index contributed by atoms with van der Waals surface area (Å²) < 4.78 is 0.639. The lowest BCUT2D eigenvalue weighted by Gasteiger charge is -2.12. The summed E-state index contributed by atoms with van der Waals surface area (Å²) in [5, 5.41) is 5.31. The zero-order chi connectivity index (χ0) is 13.5. The molecule has 7 heteroatoms. The number of urea groups is 1. The predicted molar refractivity (Wildman–Crippen MR) is 71.4 cm³/mol. The molecule has 1 rings (SSSR count). The highest BCUT2D eigenvalue weighted by Gasteiger charge is 2.10. The highest BCUT2D eigenvalue weighted by Crippen LogP contribution is 2.12. The summed E-state index contributed by atoms with van der Waals surface area (Å²) in [6.07, 6.45) is 1.55. The van der Waals surface area contributed by atoms with Crippen LogP contribution in [0.3, 0.4) is 0 Å². The minimum atomic E-state index is -0.276. The van der Waals surface area contributed by atoms with Gasteiger partial charge >= 0.3 is 6.03 Å². The van der Waals surface area contributed by atoms with Crippen molar-refractivity contribution in [2.45, 2.75) is 0 Å². The zero-order valence-electron chi connectivity index (χ0n) is 10.2. The fourth-order valence-corrected chi connectivity index (χ4v) is 1.58. The normalized spacial score (nSPS) is 9.72. The van der Waals surface area contributed by atoms with Crippen molar-refractivity contribution in [1.82, 2.24) is 20.5 Å². The monoisotopic (exact) mass is 314 g/mol. The largest absolute Gasteiger partial charge is 0.349 e. The number of halogens is 1. The summed E-state index contributed by atoms with van der Waals surface area (Å²) in [6, 6.07) is 3.29. The van der Waals surface area contributed by atoms with E-state index in [4.69, 9.17) is 0 Å². The number of hydrogen-bond acceptors (Lipinski definition) is 3. The van der Waals surface area contributed by atoms with Crippen LogP contribution in [0.1, 0.15) is 10.5 Å². The number of aromatic nitrogens is 1. The number of pyridine rings is 1. The third-order valence-electron chi connectivity index (χ3n) is 2.07. The van der Waals surface area contributed by atoms with Crippen molar-refractivity contribution in [3.05, 3.63) is 28.5 Å². The molecule has 0 atom stereocenters. The summed E-state index contributed by atoms with van der Waals surface area (Å²) >= 11 is 3.25. The van der Waals surface area contributed by atoms with Gasteiger partial charge < -0.3 is 15.5 Å². The Kier molecular flexibility index (Phi) is 5.57. The number of amides is 3. The van der Waals surface area contributed by atoms with Crippen LogP contribution in [-0.2, 0) is 0 Å². The minimum Gasteiger partial charge on any atom is -0.349 e. The van der Waals surface area contributed by atoms with Gasteiger partial charge in [-0.1, -0.05) is 0 Å². The second-order valence-electron chi connectivity index (χ2n) is 3.72. The number of hydrogen-bond donors (Lipinski definition) is 2. The second-order valence-corrected chi connectivity index (χ2v) is 4.57. The third-order valence-corrected chi connectivity index (χ3v) is 2.71. The van der Waals surface area contributed by atoms with Crippen LogP contribution in [-0.4, -0.2) is 49.0 Å². The highest BCUT2D eigenvalue weighted by atomic mass is 79.9. The molecule has 0 aromatic carbocycles.